The summed E-state index contributed by atoms with van der Waals surface area (Å²) < 4.78 is 33.5. The summed E-state index contributed by atoms with van der Waals surface area (Å²) in [6.07, 6.45) is 1.31. The van der Waals surface area contributed by atoms with E-state index in [2.05, 4.69) is 10.1 Å². The second-order valence-electron chi connectivity index (χ2n) is 6.97. The largest absolute Gasteiger partial charge is 0.507 e. The molecule has 5 rings (SSSR count). The number of nitrogens with zero attached hydrogens (tertiary/aromatic N) is 3. The lowest BCUT2D eigenvalue weighted by molar-refractivity contribution is 0.117. The molecule has 2 bridgehead atoms. The van der Waals surface area contributed by atoms with Crippen LogP contribution in [0.25, 0.3) is 0 Å². The summed E-state index contributed by atoms with van der Waals surface area (Å²) >= 11 is 6.26. The minimum Gasteiger partial charge on any atom is -0.507 e. The number of aryl methyl sites for hydroxylation is 2. The molecule has 1 aromatic heterocycles. The Morgan fingerprint density at radius 3 is 2.64 bits per heavy atom. The summed E-state index contributed by atoms with van der Waals surface area (Å²) in [7, 11) is -3.93. The Morgan fingerprint density at radius 2 is 2.04 bits per heavy atom. The number of sulfonamides is 1. The van der Waals surface area contributed by atoms with Crippen molar-refractivity contribution in [3.8, 4) is 5.75 Å². The molecule has 3 heterocycles. The number of phenols is 1. The zero-order valence-corrected chi connectivity index (χ0v) is 15.6. The van der Waals surface area contributed by atoms with Gasteiger partial charge >= 0.3 is 0 Å². The highest BCUT2D eigenvalue weighted by atomic mass is 35.5. The van der Waals surface area contributed by atoms with Gasteiger partial charge in [0.15, 0.2) is 5.82 Å². The molecule has 25 heavy (non-hydrogen) atoms. The fraction of sp³-hybridized carbons (Fsp3) is 0.500. The van der Waals surface area contributed by atoms with Gasteiger partial charge in [0.2, 0.25) is 15.9 Å². The molecule has 3 aliphatic rings. The Kier molecular flexibility index (Phi) is 3.49. The lowest BCUT2D eigenvalue weighted by atomic mass is 9.73. The first kappa shape index (κ1) is 16.8. The van der Waals surface area contributed by atoms with Gasteiger partial charge in [0, 0.05) is 12.1 Å². The molecule has 7 nitrogen and oxygen atoms in total. The van der Waals surface area contributed by atoms with Gasteiger partial charge in [-0.3, -0.25) is 0 Å². The lowest BCUT2D eigenvalue weighted by Crippen LogP contribution is -2.46. The van der Waals surface area contributed by atoms with Gasteiger partial charge in [-0.05, 0) is 51.2 Å². The van der Waals surface area contributed by atoms with Crippen molar-refractivity contribution >= 4 is 21.6 Å². The molecule has 0 atom stereocenters. The highest BCUT2D eigenvalue weighted by Gasteiger charge is 2.64. The van der Waals surface area contributed by atoms with Crippen molar-refractivity contribution in [3.05, 3.63) is 33.9 Å². The van der Waals surface area contributed by atoms with Gasteiger partial charge < -0.3 is 9.63 Å². The lowest BCUT2D eigenvalue weighted by Gasteiger charge is -2.38. The molecule has 9 heteroatoms. The molecule has 2 aromatic rings. The summed E-state index contributed by atoms with van der Waals surface area (Å²) in [5, 5.41) is 14.1. The summed E-state index contributed by atoms with van der Waals surface area (Å²) in [6, 6.07) is 1.47. The van der Waals surface area contributed by atoms with Gasteiger partial charge in [0.1, 0.15) is 16.2 Å². The van der Waals surface area contributed by atoms with Crippen molar-refractivity contribution < 1.29 is 18.0 Å². The minimum absolute atomic E-state index is 0.0552. The van der Waals surface area contributed by atoms with E-state index in [1.54, 1.807) is 20.8 Å². The Hall–Kier alpha value is -1.64. The Bertz CT molecular complexity index is 980. The fourth-order valence-electron chi connectivity index (χ4n) is 4.07. The molecular weight excluding hydrogens is 366 g/mol. The zero-order valence-electron chi connectivity index (χ0n) is 14.1. The van der Waals surface area contributed by atoms with Crippen molar-refractivity contribution in [1.82, 2.24) is 14.4 Å². The SMILES string of the molecule is Cc1noc(C23CC(CN2S(=O)(=O)c2c(Cl)cc(C)c(O)c2C)C3)n1. The van der Waals surface area contributed by atoms with E-state index in [0.717, 1.165) is 0 Å². The van der Waals surface area contributed by atoms with E-state index in [-0.39, 0.29) is 27.1 Å². The monoisotopic (exact) mass is 383 g/mol. The van der Waals surface area contributed by atoms with Gasteiger partial charge in [-0.1, -0.05) is 16.8 Å². The fourth-order valence-corrected chi connectivity index (χ4v) is 6.77. The van der Waals surface area contributed by atoms with E-state index in [1.165, 1.54) is 10.4 Å². The molecule has 2 aliphatic heterocycles. The van der Waals surface area contributed by atoms with Crippen LogP contribution in [0.5, 0.6) is 5.75 Å². The number of benzene rings is 1. The second kappa shape index (κ2) is 5.18. The normalized spacial score (nSPS) is 26.0. The van der Waals surface area contributed by atoms with E-state index in [4.69, 9.17) is 16.1 Å². The summed E-state index contributed by atoms with van der Waals surface area (Å²) in [5.41, 5.74) is -0.0125. The molecule has 0 amide bonds. The van der Waals surface area contributed by atoms with Gasteiger partial charge in [-0.15, -0.1) is 0 Å². The van der Waals surface area contributed by atoms with E-state index >= 15 is 0 Å². The van der Waals surface area contributed by atoms with Crippen LogP contribution in [-0.2, 0) is 15.6 Å². The first-order valence-corrected chi connectivity index (χ1v) is 9.81. The smallest absolute Gasteiger partial charge is 0.248 e. The standard InChI is InChI=1S/C16H18ClN3O4S/c1-8-4-12(17)14(9(2)13(8)21)25(22,23)20-7-11-5-16(20,6-11)15-18-10(3)19-24-15/h4,11,21H,5-7H2,1-3H3. The first-order valence-electron chi connectivity index (χ1n) is 7.99. The molecular formula is C16H18ClN3O4S. The Labute approximate surface area is 150 Å². The van der Waals surface area contributed by atoms with Crippen LogP contribution >= 0.6 is 11.6 Å². The quantitative estimate of drug-likeness (QED) is 0.875. The Balaban J connectivity index is 1.86. The van der Waals surface area contributed by atoms with Gasteiger partial charge in [-0.25, -0.2) is 8.42 Å². The van der Waals surface area contributed by atoms with E-state index in [0.29, 0.717) is 36.7 Å². The maximum Gasteiger partial charge on any atom is 0.248 e. The third-order valence-electron chi connectivity index (χ3n) is 5.26. The molecule has 0 radical (unpaired) electrons. The van der Waals surface area contributed by atoms with Gasteiger partial charge in [0.25, 0.3) is 0 Å². The van der Waals surface area contributed by atoms with Crippen molar-refractivity contribution in [2.75, 3.05) is 6.54 Å². The number of aromatic nitrogens is 2. The highest BCUT2D eigenvalue weighted by Crippen LogP contribution is 2.59. The van der Waals surface area contributed by atoms with Crippen LogP contribution in [0.15, 0.2) is 15.5 Å². The van der Waals surface area contributed by atoms with Crippen LogP contribution in [0.3, 0.4) is 0 Å². The molecule has 0 unspecified atom stereocenters. The van der Waals surface area contributed by atoms with Crippen LogP contribution < -0.4 is 0 Å². The summed E-state index contributed by atoms with van der Waals surface area (Å²) in [4.78, 5) is 4.21. The van der Waals surface area contributed by atoms with Crippen LogP contribution in [0.2, 0.25) is 5.02 Å². The maximum absolute atomic E-state index is 13.4. The average molecular weight is 384 g/mol. The third-order valence-corrected chi connectivity index (χ3v) is 7.79. The number of phenolic OH excluding ortho intramolecular Hbond substituents is 1. The van der Waals surface area contributed by atoms with E-state index < -0.39 is 15.6 Å². The molecule has 0 spiro atoms. The number of halogens is 1. The van der Waals surface area contributed by atoms with E-state index in [1.807, 2.05) is 0 Å². The van der Waals surface area contributed by atoms with E-state index in [9.17, 15) is 13.5 Å². The maximum atomic E-state index is 13.4. The summed E-state index contributed by atoms with van der Waals surface area (Å²) in [5.74, 6) is 1.00. The Morgan fingerprint density at radius 1 is 1.36 bits per heavy atom. The van der Waals surface area contributed by atoms with Crippen molar-refractivity contribution in [1.29, 1.82) is 0 Å². The molecule has 3 fully saturated rings. The molecule has 2 saturated heterocycles. The average Bonchev–Trinajstić information content (AvgIpc) is 3.16. The number of rotatable bonds is 3. The molecule has 1 aliphatic carbocycles. The van der Waals surface area contributed by atoms with Crippen LogP contribution in [0.1, 0.15) is 35.7 Å². The second-order valence-corrected chi connectivity index (χ2v) is 9.17. The van der Waals surface area contributed by atoms with Gasteiger partial charge in [0.05, 0.1) is 5.02 Å². The zero-order chi connectivity index (χ0) is 18.1. The number of hydrogen-bond acceptors (Lipinski definition) is 6. The number of hydrogen-bond donors (Lipinski definition) is 1. The number of aromatic hydroxyl groups is 1. The summed E-state index contributed by atoms with van der Waals surface area (Å²) in [6.45, 7) is 5.33. The minimum atomic E-state index is -3.93. The molecule has 134 valence electrons. The van der Waals surface area contributed by atoms with Crippen LogP contribution in [0, 0.1) is 26.7 Å². The van der Waals surface area contributed by atoms with Gasteiger partial charge in [-0.2, -0.15) is 9.29 Å². The molecule has 1 aromatic carbocycles. The molecule has 1 saturated carbocycles. The van der Waals surface area contributed by atoms with Crippen molar-refractivity contribution in [2.45, 2.75) is 44.0 Å². The molecule has 1 N–H and O–H groups in total. The number of fused-ring (bicyclic) bond motifs is 1. The first-order chi connectivity index (χ1) is 11.7. The highest BCUT2D eigenvalue weighted by molar-refractivity contribution is 7.89. The van der Waals surface area contributed by atoms with Crippen molar-refractivity contribution in [2.24, 2.45) is 5.92 Å². The third kappa shape index (κ3) is 2.17. The predicted octanol–water partition coefficient (Wildman–Crippen LogP) is 2.66. The van der Waals surface area contributed by atoms with Crippen LogP contribution in [0.4, 0.5) is 0 Å². The topological polar surface area (TPSA) is 96.5 Å². The van der Waals surface area contributed by atoms with Crippen LogP contribution in [-0.4, -0.2) is 34.5 Å². The predicted molar refractivity (Wildman–Crippen MR) is 89.9 cm³/mol. The van der Waals surface area contributed by atoms with Crippen molar-refractivity contribution in [3.63, 3.8) is 0 Å².